The van der Waals surface area contributed by atoms with E-state index in [-0.39, 0.29) is 11.9 Å². The zero-order valence-electron chi connectivity index (χ0n) is 11.2. The molecule has 1 aromatic heterocycles. The number of rotatable bonds is 5. The number of para-hydroxylation sites is 1. The van der Waals surface area contributed by atoms with E-state index in [1.54, 1.807) is 6.07 Å². The SMILES string of the molecule is CCC(CC)C(NC)c1cc2cccc(F)c2o1. The Bertz CT molecular complexity index is 516. The maximum atomic E-state index is 13.6. The van der Waals surface area contributed by atoms with Crippen LogP contribution in [0.1, 0.15) is 38.5 Å². The van der Waals surface area contributed by atoms with Crippen LogP contribution in [-0.4, -0.2) is 7.05 Å². The van der Waals surface area contributed by atoms with Crippen molar-refractivity contribution in [2.75, 3.05) is 7.05 Å². The van der Waals surface area contributed by atoms with Gasteiger partial charge in [-0.25, -0.2) is 4.39 Å². The molecule has 0 aliphatic carbocycles. The van der Waals surface area contributed by atoms with E-state index in [0.717, 1.165) is 24.0 Å². The first kappa shape index (κ1) is 13.1. The Balaban J connectivity index is 2.42. The normalized spacial score (nSPS) is 13.4. The van der Waals surface area contributed by atoms with Crippen LogP contribution in [0.3, 0.4) is 0 Å². The number of halogens is 1. The second kappa shape index (κ2) is 5.53. The highest BCUT2D eigenvalue weighted by Crippen LogP contribution is 2.32. The van der Waals surface area contributed by atoms with E-state index in [1.165, 1.54) is 6.07 Å². The van der Waals surface area contributed by atoms with Crippen molar-refractivity contribution in [2.45, 2.75) is 32.7 Å². The Morgan fingerprint density at radius 2 is 2.00 bits per heavy atom. The van der Waals surface area contributed by atoms with Crippen molar-refractivity contribution in [3.63, 3.8) is 0 Å². The quantitative estimate of drug-likeness (QED) is 0.856. The van der Waals surface area contributed by atoms with E-state index in [9.17, 15) is 4.39 Å². The van der Waals surface area contributed by atoms with Gasteiger partial charge in [0.1, 0.15) is 5.76 Å². The van der Waals surface area contributed by atoms with Gasteiger partial charge in [-0.1, -0.05) is 38.8 Å². The second-order valence-electron chi connectivity index (χ2n) is 4.65. The molecule has 1 atom stereocenters. The van der Waals surface area contributed by atoms with Gasteiger partial charge < -0.3 is 9.73 Å². The molecule has 1 N–H and O–H groups in total. The molecule has 3 heteroatoms. The maximum absolute atomic E-state index is 13.6. The summed E-state index contributed by atoms with van der Waals surface area (Å²) >= 11 is 0. The number of benzene rings is 1. The summed E-state index contributed by atoms with van der Waals surface area (Å²) in [7, 11) is 1.92. The zero-order chi connectivity index (χ0) is 13.1. The highest BCUT2D eigenvalue weighted by atomic mass is 19.1. The van der Waals surface area contributed by atoms with Gasteiger partial charge in [0.25, 0.3) is 0 Å². The fourth-order valence-electron chi connectivity index (χ4n) is 2.57. The summed E-state index contributed by atoms with van der Waals surface area (Å²) in [6, 6.07) is 7.11. The van der Waals surface area contributed by atoms with E-state index in [0.29, 0.717) is 11.5 Å². The molecular weight excluding hydrogens is 229 g/mol. The lowest BCUT2D eigenvalue weighted by Crippen LogP contribution is -2.24. The van der Waals surface area contributed by atoms with Crippen LogP contribution in [0.15, 0.2) is 28.7 Å². The molecule has 18 heavy (non-hydrogen) atoms. The fourth-order valence-corrected chi connectivity index (χ4v) is 2.57. The van der Waals surface area contributed by atoms with Gasteiger partial charge in [-0.05, 0) is 25.1 Å². The summed E-state index contributed by atoms with van der Waals surface area (Å²) in [6.07, 6.45) is 2.14. The Morgan fingerprint density at radius 1 is 1.28 bits per heavy atom. The van der Waals surface area contributed by atoms with Gasteiger partial charge in [-0.15, -0.1) is 0 Å². The molecule has 1 heterocycles. The van der Waals surface area contributed by atoms with Crippen molar-refractivity contribution in [1.82, 2.24) is 5.32 Å². The van der Waals surface area contributed by atoms with E-state index in [4.69, 9.17) is 4.42 Å². The van der Waals surface area contributed by atoms with Crippen LogP contribution in [0.2, 0.25) is 0 Å². The van der Waals surface area contributed by atoms with E-state index in [1.807, 2.05) is 19.2 Å². The topological polar surface area (TPSA) is 25.2 Å². The van der Waals surface area contributed by atoms with E-state index in [2.05, 4.69) is 19.2 Å². The van der Waals surface area contributed by atoms with Gasteiger partial charge in [-0.2, -0.15) is 0 Å². The van der Waals surface area contributed by atoms with Gasteiger partial charge in [-0.3, -0.25) is 0 Å². The molecular formula is C15H20FNO. The summed E-state index contributed by atoms with van der Waals surface area (Å²) in [5.74, 6) is 1.03. The smallest absolute Gasteiger partial charge is 0.169 e. The molecule has 2 nitrogen and oxygen atoms in total. The Hall–Kier alpha value is -1.35. The van der Waals surface area contributed by atoms with Crippen molar-refractivity contribution in [1.29, 1.82) is 0 Å². The number of fused-ring (bicyclic) bond motifs is 1. The van der Waals surface area contributed by atoms with Gasteiger partial charge in [0.2, 0.25) is 0 Å². The molecule has 0 bridgehead atoms. The van der Waals surface area contributed by atoms with E-state index < -0.39 is 0 Å². The van der Waals surface area contributed by atoms with E-state index >= 15 is 0 Å². The molecule has 98 valence electrons. The van der Waals surface area contributed by atoms with Crippen molar-refractivity contribution >= 4 is 11.0 Å². The zero-order valence-corrected chi connectivity index (χ0v) is 11.2. The van der Waals surface area contributed by atoms with Gasteiger partial charge >= 0.3 is 0 Å². The number of nitrogens with one attached hydrogen (secondary N) is 1. The van der Waals surface area contributed by atoms with Gasteiger partial charge in [0, 0.05) is 5.39 Å². The minimum atomic E-state index is -0.293. The largest absolute Gasteiger partial charge is 0.456 e. The summed E-state index contributed by atoms with van der Waals surface area (Å²) in [5.41, 5.74) is 0.360. The summed E-state index contributed by atoms with van der Waals surface area (Å²) in [4.78, 5) is 0. The predicted octanol–water partition coefficient (Wildman–Crippen LogP) is 4.27. The molecule has 2 rings (SSSR count). The molecule has 2 aromatic rings. The summed E-state index contributed by atoms with van der Waals surface area (Å²) in [6.45, 7) is 4.34. The lowest BCUT2D eigenvalue weighted by atomic mass is 9.92. The van der Waals surface area contributed by atoms with Crippen LogP contribution in [0.25, 0.3) is 11.0 Å². The molecule has 0 spiro atoms. The van der Waals surface area contributed by atoms with Crippen molar-refractivity contribution < 1.29 is 8.81 Å². The first-order valence-electron chi connectivity index (χ1n) is 6.56. The third-order valence-electron chi connectivity index (χ3n) is 3.65. The number of hydrogen-bond acceptors (Lipinski definition) is 2. The molecule has 0 amide bonds. The Morgan fingerprint density at radius 3 is 2.56 bits per heavy atom. The van der Waals surface area contributed by atoms with Crippen LogP contribution >= 0.6 is 0 Å². The van der Waals surface area contributed by atoms with Crippen LogP contribution < -0.4 is 5.32 Å². The monoisotopic (exact) mass is 249 g/mol. The highest BCUT2D eigenvalue weighted by Gasteiger charge is 2.22. The van der Waals surface area contributed by atoms with Crippen molar-refractivity contribution in [3.05, 3.63) is 35.8 Å². The van der Waals surface area contributed by atoms with Crippen molar-refractivity contribution in [2.24, 2.45) is 5.92 Å². The molecule has 0 fully saturated rings. The third kappa shape index (κ3) is 2.27. The molecule has 0 aliphatic rings. The molecule has 1 unspecified atom stereocenters. The highest BCUT2D eigenvalue weighted by molar-refractivity contribution is 5.78. The number of furan rings is 1. The Kier molecular flexibility index (Phi) is 4.02. The third-order valence-corrected chi connectivity index (χ3v) is 3.65. The van der Waals surface area contributed by atoms with Crippen LogP contribution in [0.5, 0.6) is 0 Å². The lowest BCUT2D eigenvalue weighted by Gasteiger charge is -2.22. The fraction of sp³-hybridized carbons (Fsp3) is 0.467. The van der Waals surface area contributed by atoms with Crippen molar-refractivity contribution in [3.8, 4) is 0 Å². The van der Waals surface area contributed by atoms with Gasteiger partial charge in [0.05, 0.1) is 6.04 Å². The van der Waals surface area contributed by atoms with Crippen LogP contribution in [-0.2, 0) is 0 Å². The molecule has 0 radical (unpaired) electrons. The van der Waals surface area contributed by atoms with Gasteiger partial charge in [0.15, 0.2) is 11.4 Å². The lowest BCUT2D eigenvalue weighted by molar-refractivity contribution is 0.313. The summed E-state index contributed by atoms with van der Waals surface area (Å²) in [5, 5.41) is 4.11. The first-order chi connectivity index (χ1) is 8.71. The first-order valence-corrected chi connectivity index (χ1v) is 6.56. The molecule has 0 aliphatic heterocycles. The predicted molar refractivity (Wildman–Crippen MR) is 72.0 cm³/mol. The number of hydrogen-bond donors (Lipinski definition) is 1. The Labute approximate surface area is 107 Å². The molecule has 0 saturated heterocycles. The average Bonchev–Trinajstić information content (AvgIpc) is 2.80. The molecule has 0 saturated carbocycles. The minimum absolute atomic E-state index is 0.145. The maximum Gasteiger partial charge on any atom is 0.169 e. The summed E-state index contributed by atoms with van der Waals surface area (Å²) < 4.78 is 19.3. The molecule has 1 aromatic carbocycles. The second-order valence-corrected chi connectivity index (χ2v) is 4.65. The minimum Gasteiger partial charge on any atom is -0.456 e. The average molecular weight is 249 g/mol. The van der Waals surface area contributed by atoms with Crippen LogP contribution in [0.4, 0.5) is 4.39 Å². The standard InChI is InChI=1S/C15H20FNO/c1-4-10(5-2)14(17-3)13-9-11-7-6-8-12(16)15(11)18-13/h6-10,14,17H,4-5H2,1-3H3. The van der Waals surface area contributed by atoms with Crippen LogP contribution in [0, 0.1) is 11.7 Å².